The summed E-state index contributed by atoms with van der Waals surface area (Å²) in [6.07, 6.45) is 3.69. The summed E-state index contributed by atoms with van der Waals surface area (Å²) in [5.41, 5.74) is 4.14. The van der Waals surface area contributed by atoms with Crippen LogP contribution in [0.25, 0.3) is 0 Å². The number of halogens is 1. The van der Waals surface area contributed by atoms with Crippen molar-refractivity contribution in [2.75, 3.05) is 5.75 Å². The van der Waals surface area contributed by atoms with E-state index in [4.69, 9.17) is 4.42 Å². The van der Waals surface area contributed by atoms with Gasteiger partial charge in [-0.3, -0.25) is 4.79 Å². The third kappa shape index (κ3) is 3.85. The second-order valence-corrected chi connectivity index (χ2v) is 7.24. The van der Waals surface area contributed by atoms with Crippen LogP contribution in [0.1, 0.15) is 39.4 Å². The van der Waals surface area contributed by atoms with Crippen LogP contribution >= 0.6 is 11.8 Å². The van der Waals surface area contributed by atoms with Gasteiger partial charge in [-0.05, 0) is 54.2 Å². The van der Waals surface area contributed by atoms with Gasteiger partial charge in [0.1, 0.15) is 5.82 Å². The normalized spacial score (nSPS) is 13.0. The van der Waals surface area contributed by atoms with Gasteiger partial charge in [0.25, 0.3) is 5.22 Å². The van der Waals surface area contributed by atoms with Gasteiger partial charge in [0.05, 0.1) is 12.2 Å². The molecule has 26 heavy (non-hydrogen) atoms. The Morgan fingerprint density at radius 3 is 2.88 bits per heavy atom. The van der Waals surface area contributed by atoms with E-state index in [-0.39, 0.29) is 17.4 Å². The first kappa shape index (κ1) is 17.0. The fourth-order valence-electron chi connectivity index (χ4n) is 3.15. The number of ketones is 1. The number of Topliss-reactive ketones (excluding diaryl/α,β-unsaturated/α-hetero) is 1. The molecule has 1 heterocycles. The monoisotopic (exact) mass is 368 g/mol. The molecule has 0 radical (unpaired) electrons. The number of aryl methyl sites for hydroxylation is 2. The van der Waals surface area contributed by atoms with Crippen molar-refractivity contribution in [2.45, 2.75) is 30.9 Å². The molecule has 1 aromatic heterocycles. The number of hydrogen-bond donors (Lipinski definition) is 0. The quantitative estimate of drug-likeness (QED) is 0.481. The molecule has 0 bridgehead atoms. The van der Waals surface area contributed by atoms with Crippen molar-refractivity contribution in [3.63, 3.8) is 0 Å². The van der Waals surface area contributed by atoms with Crippen LogP contribution in [-0.2, 0) is 19.3 Å². The van der Waals surface area contributed by atoms with E-state index in [2.05, 4.69) is 16.3 Å². The van der Waals surface area contributed by atoms with E-state index in [0.717, 1.165) is 30.4 Å². The Morgan fingerprint density at radius 1 is 1.12 bits per heavy atom. The smallest absolute Gasteiger partial charge is 0.277 e. The van der Waals surface area contributed by atoms with E-state index in [0.29, 0.717) is 17.5 Å². The summed E-state index contributed by atoms with van der Waals surface area (Å²) in [4.78, 5) is 12.4. The van der Waals surface area contributed by atoms with Gasteiger partial charge in [-0.25, -0.2) is 4.39 Å². The van der Waals surface area contributed by atoms with Crippen LogP contribution in [0.4, 0.5) is 4.39 Å². The number of benzene rings is 2. The van der Waals surface area contributed by atoms with Crippen LogP contribution in [0.5, 0.6) is 0 Å². The number of carbonyl (C=O) groups excluding carboxylic acids is 1. The number of hydrogen-bond acceptors (Lipinski definition) is 5. The molecule has 0 aliphatic heterocycles. The zero-order valence-electron chi connectivity index (χ0n) is 14.1. The molecule has 4 rings (SSSR count). The average molecular weight is 368 g/mol. The summed E-state index contributed by atoms with van der Waals surface area (Å²) in [6.45, 7) is 0. The number of aromatic nitrogens is 2. The summed E-state index contributed by atoms with van der Waals surface area (Å²) in [5.74, 6) is 0.412. The summed E-state index contributed by atoms with van der Waals surface area (Å²) in [5, 5.41) is 8.28. The third-order valence-electron chi connectivity index (χ3n) is 4.44. The lowest BCUT2D eigenvalue weighted by molar-refractivity contribution is 0.102. The minimum absolute atomic E-state index is 0.0505. The largest absolute Gasteiger partial charge is 0.416 e. The Labute approximate surface area is 154 Å². The maximum absolute atomic E-state index is 13.2. The first-order valence-electron chi connectivity index (χ1n) is 8.52. The third-order valence-corrected chi connectivity index (χ3v) is 5.26. The molecule has 0 saturated heterocycles. The Kier molecular flexibility index (Phi) is 4.84. The number of nitrogens with zero attached hydrogens (tertiary/aromatic N) is 2. The molecule has 0 atom stereocenters. The van der Waals surface area contributed by atoms with Crippen molar-refractivity contribution in [1.29, 1.82) is 0 Å². The highest BCUT2D eigenvalue weighted by molar-refractivity contribution is 7.99. The number of thioether (sulfide) groups is 1. The molecule has 0 fully saturated rings. The Hall–Kier alpha value is -2.47. The molecule has 0 amide bonds. The van der Waals surface area contributed by atoms with Crippen molar-refractivity contribution in [3.05, 3.63) is 76.4 Å². The first-order chi connectivity index (χ1) is 12.7. The lowest BCUT2D eigenvalue weighted by Crippen LogP contribution is -2.03. The van der Waals surface area contributed by atoms with Gasteiger partial charge in [-0.15, -0.1) is 10.2 Å². The highest BCUT2D eigenvalue weighted by Crippen LogP contribution is 2.24. The van der Waals surface area contributed by atoms with E-state index in [1.807, 2.05) is 12.1 Å². The molecule has 2 aromatic carbocycles. The van der Waals surface area contributed by atoms with Crippen LogP contribution in [0.15, 0.2) is 52.1 Å². The summed E-state index contributed by atoms with van der Waals surface area (Å²) in [6, 6.07) is 12.2. The van der Waals surface area contributed by atoms with Gasteiger partial charge in [0, 0.05) is 5.56 Å². The minimum Gasteiger partial charge on any atom is -0.416 e. The second kappa shape index (κ2) is 7.41. The lowest BCUT2D eigenvalue weighted by Gasteiger charge is -2.03. The van der Waals surface area contributed by atoms with Crippen LogP contribution in [-0.4, -0.2) is 21.7 Å². The Morgan fingerprint density at radius 2 is 2.00 bits per heavy atom. The van der Waals surface area contributed by atoms with Crippen molar-refractivity contribution >= 4 is 17.5 Å². The van der Waals surface area contributed by atoms with Gasteiger partial charge in [0.15, 0.2) is 5.78 Å². The van der Waals surface area contributed by atoms with E-state index in [1.165, 1.54) is 35.0 Å². The van der Waals surface area contributed by atoms with Gasteiger partial charge >= 0.3 is 0 Å². The van der Waals surface area contributed by atoms with Crippen LogP contribution in [0.2, 0.25) is 0 Å². The molecular weight excluding hydrogens is 351 g/mol. The maximum Gasteiger partial charge on any atom is 0.277 e. The highest BCUT2D eigenvalue weighted by Gasteiger charge is 2.15. The van der Waals surface area contributed by atoms with E-state index >= 15 is 0 Å². The molecule has 1 aliphatic carbocycles. The predicted molar refractivity (Wildman–Crippen MR) is 97.0 cm³/mol. The molecule has 6 heteroatoms. The van der Waals surface area contributed by atoms with Crippen LogP contribution < -0.4 is 0 Å². The molecule has 3 aromatic rings. The number of rotatable bonds is 6. The van der Waals surface area contributed by atoms with Crippen LogP contribution in [0.3, 0.4) is 0 Å². The van der Waals surface area contributed by atoms with Crippen molar-refractivity contribution in [3.8, 4) is 0 Å². The maximum atomic E-state index is 13.2. The first-order valence-corrected chi connectivity index (χ1v) is 9.50. The van der Waals surface area contributed by atoms with Crippen molar-refractivity contribution < 1.29 is 13.6 Å². The van der Waals surface area contributed by atoms with Gasteiger partial charge in [-0.1, -0.05) is 36.0 Å². The molecule has 132 valence electrons. The van der Waals surface area contributed by atoms with Crippen LogP contribution in [0, 0.1) is 5.82 Å². The Balaban J connectivity index is 1.36. The molecule has 0 unspecified atom stereocenters. The van der Waals surface area contributed by atoms with E-state index in [1.54, 1.807) is 12.1 Å². The summed E-state index contributed by atoms with van der Waals surface area (Å²) < 4.78 is 18.8. The van der Waals surface area contributed by atoms with Crippen molar-refractivity contribution in [2.24, 2.45) is 0 Å². The Bertz CT molecular complexity index is 954. The van der Waals surface area contributed by atoms with Crippen molar-refractivity contribution in [1.82, 2.24) is 10.2 Å². The second-order valence-electron chi connectivity index (χ2n) is 6.32. The zero-order valence-corrected chi connectivity index (χ0v) is 14.9. The topological polar surface area (TPSA) is 56.0 Å². The standard InChI is InChI=1S/C20H17FN2O2S/c21-17-6-1-3-13(9-17)10-19-22-23-20(25-19)26-12-18(24)16-8-7-14-4-2-5-15(14)11-16/h1,3,6-9,11H,2,4-5,10,12H2. The molecule has 4 nitrogen and oxygen atoms in total. The summed E-state index contributed by atoms with van der Waals surface area (Å²) >= 11 is 1.23. The van der Waals surface area contributed by atoms with Gasteiger partial charge in [0.2, 0.25) is 5.89 Å². The number of fused-ring (bicyclic) bond motifs is 1. The predicted octanol–water partition coefficient (Wildman–Crippen LogP) is 4.26. The zero-order chi connectivity index (χ0) is 17.9. The number of carbonyl (C=O) groups is 1. The van der Waals surface area contributed by atoms with Gasteiger partial charge < -0.3 is 4.42 Å². The lowest BCUT2D eigenvalue weighted by atomic mass is 10.0. The molecular formula is C20H17FN2O2S. The average Bonchev–Trinajstić information content (AvgIpc) is 3.28. The molecule has 0 saturated carbocycles. The highest BCUT2D eigenvalue weighted by atomic mass is 32.2. The molecule has 0 spiro atoms. The summed E-state index contributed by atoms with van der Waals surface area (Å²) in [7, 11) is 0. The molecule has 0 N–H and O–H groups in total. The van der Waals surface area contributed by atoms with E-state index < -0.39 is 0 Å². The fraction of sp³-hybridized carbons (Fsp3) is 0.250. The fourth-order valence-corrected chi connectivity index (χ4v) is 3.82. The molecule has 1 aliphatic rings. The van der Waals surface area contributed by atoms with E-state index in [9.17, 15) is 9.18 Å². The SMILES string of the molecule is O=C(CSc1nnc(Cc2cccc(F)c2)o1)c1ccc2c(c1)CCC2. The minimum atomic E-state index is -0.295. The van der Waals surface area contributed by atoms with Gasteiger partial charge in [-0.2, -0.15) is 0 Å².